The van der Waals surface area contributed by atoms with Crippen molar-refractivity contribution in [1.29, 1.82) is 0 Å². The van der Waals surface area contributed by atoms with E-state index >= 15 is 0 Å². The van der Waals surface area contributed by atoms with E-state index in [1.165, 1.54) is 19.3 Å². The van der Waals surface area contributed by atoms with E-state index in [2.05, 4.69) is 21.2 Å². The smallest absolute Gasteiger partial charge is 0.312 e. The summed E-state index contributed by atoms with van der Waals surface area (Å²) in [6.07, 6.45) is 7.01. The van der Waals surface area contributed by atoms with Crippen LogP contribution in [0, 0.1) is 17.3 Å². The standard InChI is InChI=1S/C22H28BrNO4/c1-27-18-4-2-15(3-5-18)6-7-24-19(25)13-28-20(26)21-9-16-8-17(10-21)12-22(23,11-16)14-21/h2-5,16-17H,6-14H2,1H3,(H,24,25)/t16-,17+,21?,22?. The summed E-state index contributed by atoms with van der Waals surface area (Å²) < 4.78 is 10.7. The van der Waals surface area contributed by atoms with Gasteiger partial charge in [-0.2, -0.15) is 0 Å². The number of hydrogen-bond acceptors (Lipinski definition) is 4. The van der Waals surface area contributed by atoms with Crippen LogP contribution in [0.5, 0.6) is 5.75 Å². The molecule has 4 bridgehead atoms. The average molecular weight is 450 g/mol. The van der Waals surface area contributed by atoms with Gasteiger partial charge in [-0.25, -0.2) is 0 Å². The third kappa shape index (κ3) is 4.07. The summed E-state index contributed by atoms with van der Waals surface area (Å²) in [5.74, 6) is 1.64. The number of rotatable bonds is 7. The number of methoxy groups -OCH3 is 1. The van der Waals surface area contributed by atoms with E-state index in [0.29, 0.717) is 18.4 Å². The monoisotopic (exact) mass is 449 g/mol. The lowest BCUT2D eigenvalue weighted by molar-refractivity contribution is -0.171. The number of carbonyl (C=O) groups excluding carboxylic acids is 2. The molecule has 152 valence electrons. The first-order valence-corrected chi connectivity index (χ1v) is 10.9. The molecule has 6 heteroatoms. The quantitative estimate of drug-likeness (QED) is 0.509. The number of carbonyl (C=O) groups is 2. The molecule has 28 heavy (non-hydrogen) atoms. The SMILES string of the molecule is COc1ccc(CCNC(=O)COC(=O)C23C[C@@H]4C[C@@H](CC(Br)(C4)C2)C3)cc1. The number of hydrogen-bond donors (Lipinski definition) is 1. The Balaban J connectivity index is 1.23. The number of alkyl halides is 1. The Morgan fingerprint density at radius 1 is 1.14 bits per heavy atom. The van der Waals surface area contributed by atoms with Gasteiger partial charge in [-0.15, -0.1) is 0 Å². The molecular formula is C22H28BrNO4. The molecule has 1 N–H and O–H groups in total. The van der Waals surface area contributed by atoms with Crippen LogP contribution in [0.2, 0.25) is 0 Å². The van der Waals surface area contributed by atoms with Crippen molar-refractivity contribution in [2.75, 3.05) is 20.3 Å². The molecule has 4 saturated carbocycles. The molecule has 0 radical (unpaired) electrons. The molecule has 2 unspecified atom stereocenters. The van der Waals surface area contributed by atoms with Gasteiger partial charge in [0.05, 0.1) is 12.5 Å². The predicted molar refractivity (Wildman–Crippen MR) is 109 cm³/mol. The molecule has 0 spiro atoms. The molecule has 5 rings (SSSR count). The Labute approximate surface area is 174 Å². The van der Waals surface area contributed by atoms with Crippen LogP contribution in [0.25, 0.3) is 0 Å². The molecule has 0 aliphatic heterocycles. The maximum atomic E-state index is 12.9. The fraction of sp³-hybridized carbons (Fsp3) is 0.636. The fourth-order valence-corrected chi connectivity index (χ4v) is 7.32. The van der Waals surface area contributed by atoms with Crippen LogP contribution in [-0.2, 0) is 20.7 Å². The Kier molecular flexibility index (Phi) is 5.43. The molecule has 1 aromatic carbocycles. The van der Waals surface area contributed by atoms with E-state index in [4.69, 9.17) is 9.47 Å². The highest BCUT2D eigenvalue weighted by molar-refractivity contribution is 9.10. The van der Waals surface area contributed by atoms with Crippen molar-refractivity contribution >= 4 is 27.8 Å². The van der Waals surface area contributed by atoms with Gasteiger partial charge in [0.15, 0.2) is 6.61 Å². The van der Waals surface area contributed by atoms with Crippen molar-refractivity contribution in [3.63, 3.8) is 0 Å². The largest absolute Gasteiger partial charge is 0.497 e. The van der Waals surface area contributed by atoms with E-state index in [1.54, 1.807) is 7.11 Å². The first-order chi connectivity index (χ1) is 13.4. The number of nitrogens with one attached hydrogen (secondary N) is 1. The number of benzene rings is 1. The molecule has 4 fully saturated rings. The molecule has 5 nitrogen and oxygen atoms in total. The molecule has 0 aromatic heterocycles. The minimum Gasteiger partial charge on any atom is -0.497 e. The Morgan fingerprint density at radius 3 is 2.43 bits per heavy atom. The predicted octanol–water partition coefficient (Wildman–Crippen LogP) is 3.63. The van der Waals surface area contributed by atoms with Crippen molar-refractivity contribution in [2.45, 2.75) is 49.3 Å². The first-order valence-electron chi connectivity index (χ1n) is 10.2. The van der Waals surface area contributed by atoms with Gasteiger partial charge in [-0.05, 0) is 74.5 Å². The molecule has 0 heterocycles. The van der Waals surface area contributed by atoms with Crippen LogP contribution in [0.4, 0.5) is 0 Å². The topological polar surface area (TPSA) is 64.6 Å². The van der Waals surface area contributed by atoms with E-state index in [0.717, 1.165) is 37.0 Å². The van der Waals surface area contributed by atoms with Crippen LogP contribution >= 0.6 is 15.9 Å². The van der Waals surface area contributed by atoms with Crippen molar-refractivity contribution in [2.24, 2.45) is 17.3 Å². The maximum absolute atomic E-state index is 12.9. The summed E-state index contributed by atoms with van der Waals surface area (Å²) in [5, 5.41) is 2.84. The highest BCUT2D eigenvalue weighted by atomic mass is 79.9. The molecule has 4 atom stereocenters. The zero-order valence-electron chi connectivity index (χ0n) is 16.3. The third-order valence-electron chi connectivity index (χ3n) is 6.65. The lowest BCUT2D eigenvalue weighted by atomic mass is 9.49. The van der Waals surface area contributed by atoms with Gasteiger partial charge >= 0.3 is 5.97 Å². The maximum Gasteiger partial charge on any atom is 0.312 e. The van der Waals surface area contributed by atoms with Gasteiger partial charge in [0, 0.05) is 10.9 Å². The van der Waals surface area contributed by atoms with Crippen LogP contribution in [-0.4, -0.2) is 36.5 Å². The highest BCUT2D eigenvalue weighted by Gasteiger charge is 2.60. The minimum atomic E-state index is -0.378. The second-order valence-corrected chi connectivity index (χ2v) is 10.6. The summed E-state index contributed by atoms with van der Waals surface area (Å²) in [5.41, 5.74) is 0.742. The van der Waals surface area contributed by atoms with E-state index in [1.807, 2.05) is 24.3 Å². The average Bonchev–Trinajstić information content (AvgIpc) is 2.64. The van der Waals surface area contributed by atoms with Crippen LogP contribution in [0.15, 0.2) is 24.3 Å². The minimum absolute atomic E-state index is 0.108. The Hall–Kier alpha value is -1.56. The second kappa shape index (κ2) is 7.69. The summed E-state index contributed by atoms with van der Waals surface area (Å²) in [4.78, 5) is 25.0. The molecule has 0 saturated heterocycles. The number of ether oxygens (including phenoxy) is 2. The molecule has 1 amide bonds. The normalized spacial score (nSPS) is 32.8. The summed E-state index contributed by atoms with van der Waals surface area (Å²) in [7, 11) is 1.64. The zero-order valence-corrected chi connectivity index (χ0v) is 17.9. The number of esters is 1. The highest BCUT2D eigenvalue weighted by Crippen LogP contribution is 2.64. The van der Waals surface area contributed by atoms with Gasteiger partial charge in [0.25, 0.3) is 5.91 Å². The Bertz CT molecular complexity index is 733. The Morgan fingerprint density at radius 2 is 1.82 bits per heavy atom. The molecular weight excluding hydrogens is 422 g/mol. The van der Waals surface area contributed by atoms with Crippen molar-refractivity contribution < 1.29 is 19.1 Å². The van der Waals surface area contributed by atoms with Crippen LogP contribution in [0.3, 0.4) is 0 Å². The van der Waals surface area contributed by atoms with Gasteiger partial charge in [0.2, 0.25) is 0 Å². The summed E-state index contributed by atoms with van der Waals surface area (Å²) in [6.45, 7) is 0.330. The first kappa shape index (κ1) is 19.7. The lowest BCUT2D eigenvalue weighted by Crippen LogP contribution is -2.56. The van der Waals surface area contributed by atoms with Crippen LogP contribution in [0.1, 0.15) is 44.1 Å². The summed E-state index contributed by atoms with van der Waals surface area (Å²) in [6, 6.07) is 7.77. The zero-order chi connectivity index (χ0) is 19.8. The fourth-order valence-electron chi connectivity index (χ4n) is 5.86. The van der Waals surface area contributed by atoms with Crippen molar-refractivity contribution in [3.05, 3.63) is 29.8 Å². The van der Waals surface area contributed by atoms with Crippen LogP contribution < -0.4 is 10.1 Å². The summed E-state index contributed by atoms with van der Waals surface area (Å²) >= 11 is 3.91. The van der Waals surface area contributed by atoms with Crippen molar-refractivity contribution in [3.8, 4) is 5.75 Å². The number of halogens is 1. The van der Waals surface area contributed by atoms with E-state index < -0.39 is 0 Å². The van der Waals surface area contributed by atoms with Gasteiger partial charge in [0.1, 0.15) is 5.75 Å². The lowest BCUT2D eigenvalue weighted by Gasteiger charge is -2.58. The molecule has 4 aliphatic carbocycles. The van der Waals surface area contributed by atoms with Gasteiger partial charge < -0.3 is 14.8 Å². The number of amides is 1. The van der Waals surface area contributed by atoms with Gasteiger partial charge in [-0.3, -0.25) is 9.59 Å². The van der Waals surface area contributed by atoms with E-state index in [-0.39, 0.29) is 28.2 Å². The van der Waals surface area contributed by atoms with Gasteiger partial charge in [-0.1, -0.05) is 28.1 Å². The van der Waals surface area contributed by atoms with E-state index in [9.17, 15) is 9.59 Å². The third-order valence-corrected chi connectivity index (χ3v) is 7.58. The second-order valence-electron chi connectivity index (χ2n) is 8.92. The molecule has 1 aromatic rings. The van der Waals surface area contributed by atoms with Crippen molar-refractivity contribution in [1.82, 2.24) is 5.32 Å². The molecule has 4 aliphatic rings.